The first-order valence-corrected chi connectivity index (χ1v) is 6.81. The van der Waals surface area contributed by atoms with Crippen LogP contribution in [0.3, 0.4) is 0 Å². The lowest BCUT2D eigenvalue weighted by Crippen LogP contribution is -2.36. The Morgan fingerprint density at radius 1 is 1.42 bits per heavy atom. The van der Waals surface area contributed by atoms with Crippen LogP contribution in [-0.2, 0) is 4.79 Å². The molecule has 0 bridgehead atoms. The fourth-order valence-electron chi connectivity index (χ4n) is 2.65. The Balaban J connectivity index is 2.10. The van der Waals surface area contributed by atoms with Gasteiger partial charge in [0.05, 0.1) is 11.8 Å². The molecule has 1 aromatic rings. The van der Waals surface area contributed by atoms with Gasteiger partial charge in [0.1, 0.15) is 0 Å². The summed E-state index contributed by atoms with van der Waals surface area (Å²) in [7, 11) is 1.71. The van der Waals surface area contributed by atoms with Crippen molar-refractivity contribution in [3.8, 4) is 6.07 Å². The molecule has 0 spiro atoms. The summed E-state index contributed by atoms with van der Waals surface area (Å²) in [6.45, 7) is 0. The van der Waals surface area contributed by atoms with E-state index in [1.807, 2.05) is 6.07 Å². The summed E-state index contributed by atoms with van der Waals surface area (Å²) in [4.78, 5) is 18.2. The molecule has 1 heterocycles. The first-order chi connectivity index (χ1) is 9.24. The van der Waals surface area contributed by atoms with Crippen molar-refractivity contribution >= 4 is 5.91 Å². The second kappa shape index (κ2) is 6.33. The molecule has 1 saturated carbocycles. The smallest absolute Gasteiger partial charge is 0.226 e. The van der Waals surface area contributed by atoms with Crippen LogP contribution < -0.4 is 0 Å². The summed E-state index contributed by atoms with van der Waals surface area (Å²) in [6, 6.07) is 7.03. The van der Waals surface area contributed by atoms with Gasteiger partial charge in [0.2, 0.25) is 5.91 Å². The Morgan fingerprint density at radius 2 is 2.16 bits per heavy atom. The van der Waals surface area contributed by atoms with Crippen LogP contribution in [0.1, 0.15) is 43.8 Å². The first kappa shape index (κ1) is 13.5. The van der Waals surface area contributed by atoms with Crippen LogP contribution in [0.25, 0.3) is 0 Å². The number of rotatable bonds is 3. The third kappa shape index (κ3) is 3.11. The van der Waals surface area contributed by atoms with Gasteiger partial charge in [-0.1, -0.05) is 25.3 Å². The monoisotopic (exact) mass is 257 g/mol. The lowest BCUT2D eigenvalue weighted by atomic mass is 9.88. The molecular weight excluding hydrogens is 238 g/mol. The van der Waals surface area contributed by atoms with Crippen molar-refractivity contribution in [1.82, 2.24) is 9.88 Å². The van der Waals surface area contributed by atoms with Crippen molar-refractivity contribution < 1.29 is 4.79 Å². The number of aromatic nitrogens is 1. The molecule has 100 valence electrons. The first-order valence-electron chi connectivity index (χ1n) is 6.81. The maximum atomic E-state index is 12.4. The Labute approximate surface area is 114 Å². The zero-order valence-corrected chi connectivity index (χ0v) is 11.2. The molecule has 1 atom stereocenters. The predicted molar refractivity (Wildman–Crippen MR) is 71.9 cm³/mol. The van der Waals surface area contributed by atoms with E-state index in [9.17, 15) is 10.1 Å². The standard InChI is InChI=1S/C15H19N3O/c1-18(15(19)12-7-3-2-4-8-12)14(11-16)13-9-5-6-10-17-13/h5-6,9-10,12,14H,2-4,7-8H2,1H3. The highest BCUT2D eigenvalue weighted by Gasteiger charge is 2.29. The van der Waals surface area contributed by atoms with Crippen molar-refractivity contribution in [2.75, 3.05) is 7.05 Å². The number of carbonyl (C=O) groups is 1. The van der Waals surface area contributed by atoms with Gasteiger partial charge < -0.3 is 4.90 Å². The highest BCUT2D eigenvalue weighted by atomic mass is 16.2. The van der Waals surface area contributed by atoms with Gasteiger partial charge in [-0.05, 0) is 25.0 Å². The number of amides is 1. The summed E-state index contributed by atoms with van der Waals surface area (Å²) in [6.07, 6.45) is 7.00. The van der Waals surface area contributed by atoms with Crippen molar-refractivity contribution in [3.05, 3.63) is 30.1 Å². The number of nitrogens with zero attached hydrogens (tertiary/aromatic N) is 3. The lowest BCUT2D eigenvalue weighted by Gasteiger charge is -2.29. The second-order valence-corrected chi connectivity index (χ2v) is 5.07. The summed E-state index contributed by atoms with van der Waals surface area (Å²) >= 11 is 0. The number of carbonyl (C=O) groups excluding carboxylic acids is 1. The average Bonchev–Trinajstić information content (AvgIpc) is 2.49. The van der Waals surface area contributed by atoms with Crippen molar-refractivity contribution in [1.29, 1.82) is 5.26 Å². The minimum absolute atomic E-state index is 0.0805. The number of pyridine rings is 1. The molecule has 0 saturated heterocycles. The summed E-state index contributed by atoms with van der Waals surface area (Å²) < 4.78 is 0. The number of hydrogen-bond donors (Lipinski definition) is 0. The van der Waals surface area contributed by atoms with Crippen LogP contribution in [0.4, 0.5) is 0 Å². The maximum Gasteiger partial charge on any atom is 0.226 e. The zero-order chi connectivity index (χ0) is 13.7. The van der Waals surface area contributed by atoms with Crippen LogP contribution in [0.5, 0.6) is 0 Å². The van der Waals surface area contributed by atoms with Gasteiger partial charge >= 0.3 is 0 Å². The van der Waals surface area contributed by atoms with Gasteiger partial charge in [0.15, 0.2) is 6.04 Å². The molecule has 4 heteroatoms. The molecule has 1 fully saturated rings. The van der Waals surface area contributed by atoms with Crippen LogP contribution >= 0.6 is 0 Å². The van der Waals surface area contributed by atoms with E-state index in [1.54, 1.807) is 30.3 Å². The van der Waals surface area contributed by atoms with Gasteiger partial charge in [0.25, 0.3) is 0 Å². The van der Waals surface area contributed by atoms with E-state index >= 15 is 0 Å². The quantitative estimate of drug-likeness (QED) is 0.836. The molecule has 0 N–H and O–H groups in total. The SMILES string of the molecule is CN(C(=O)C1CCCCC1)C(C#N)c1ccccn1. The minimum Gasteiger partial charge on any atom is -0.324 e. The van der Waals surface area contributed by atoms with E-state index < -0.39 is 6.04 Å². The van der Waals surface area contributed by atoms with Gasteiger partial charge in [-0.3, -0.25) is 9.78 Å². The highest BCUT2D eigenvalue weighted by molar-refractivity contribution is 5.79. The molecule has 1 unspecified atom stereocenters. The van der Waals surface area contributed by atoms with Gasteiger partial charge in [-0.2, -0.15) is 5.26 Å². The topological polar surface area (TPSA) is 57.0 Å². The van der Waals surface area contributed by atoms with Crippen molar-refractivity contribution in [2.24, 2.45) is 5.92 Å². The van der Waals surface area contributed by atoms with E-state index in [0.717, 1.165) is 25.7 Å². The normalized spacial score (nSPS) is 17.5. The highest BCUT2D eigenvalue weighted by Crippen LogP contribution is 2.27. The summed E-state index contributed by atoms with van der Waals surface area (Å²) in [5.41, 5.74) is 0.636. The predicted octanol–water partition coefficient (Wildman–Crippen LogP) is 2.68. The van der Waals surface area contributed by atoms with Crippen LogP contribution in [0, 0.1) is 17.2 Å². The maximum absolute atomic E-state index is 12.4. The second-order valence-electron chi connectivity index (χ2n) is 5.07. The molecule has 4 nitrogen and oxygen atoms in total. The summed E-state index contributed by atoms with van der Waals surface area (Å²) in [5.74, 6) is 0.162. The lowest BCUT2D eigenvalue weighted by molar-refractivity contribution is -0.136. The fraction of sp³-hybridized carbons (Fsp3) is 0.533. The van der Waals surface area contributed by atoms with E-state index in [1.165, 1.54) is 6.42 Å². The molecule has 19 heavy (non-hydrogen) atoms. The molecule has 1 aliphatic rings. The molecule has 1 aliphatic carbocycles. The summed E-state index contributed by atoms with van der Waals surface area (Å²) in [5, 5.41) is 9.31. The fourth-order valence-corrected chi connectivity index (χ4v) is 2.65. The Bertz CT molecular complexity index is 460. The molecule has 2 rings (SSSR count). The minimum atomic E-state index is -0.587. The number of hydrogen-bond acceptors (Lipinski definition) is 3. The van der Waals surface area contributed by atoms with Gasteiger partial charge in [-0.25, -0.2) is 0 Å². The molecule has 1 aromatic heterocycles. The number of nitriles is 1. The third-order valence-electron chi connectivity index (χ3n) is 3.78. The van der Waals surface area contributed by atoms with E-state index in [-0.39, 0.29) is 11.8 Å². The Hall–Kier alpha value is -1.89. The van der Waals surface area contributed by atoms with Crippen LogP contribution in [0.15, 0.2) is 24.4 Å². The Morgan fingerprint density at radius 3 is 2.74 bits per heavy atom. The average molecular weight is 257 g/mol. The van der Waals surface area contributed by atoms with Gasteiger partial charge in [-0.15, -0.1) is 0 Å². The zero-order valence-electron chi connectivity index (χ0n) is 11.2. The Kier molecular flexibility index (Phi) is 4.51. The van der Waals surface area contributed by atoms with Crippen LogP contribution in [0.2, 0.25) is 0 Å². The molecule has 0 radical (unpaired) electrons. The van der Waals surface area contributed by atoms with E-state index in [2.05, 4.69) is 11.1 Å². The molecule has 1 amide bonds. The molecule has 0 aromatic carbocycles. The molecular formula is C15H19N3O. The van der Waals surface area contributed by atoms with Crippen LogP contribution in [-0.4, -0.2) is 22.8 Å². The molecule has 0 aliphatic heterocycles. The van der Waals surface area contributed by atoms with Crippen molar-refractivity contribution in [2.45, 2.75) is 38.1 Å². The largest absolute Gasteiger partial charge is 0.324 e. The third-order valence-corrected chi connectivity index (χ3v) is 3.78. The van der Waals surface area contributed by atoms with Crippen molar-refractivity contribution in [3.63, 3.8) is 0 Å². The van der Waals surface area contributed by atoms with E-state index in [0.29, 0.717) is 5.69 Å². The van der Waals surface area contributed by atoms with E-state index in [4.69, 9.17) is 0 Å². The van der Waals surface area contributed by atoms with Gasteiger partial charge in [0, 0.05) is 19.2 Å².